The van der Waals surface area contributed by atoms with Gasteiger partial charge in [0.1, 0.15) is 5.69 Å². The van der Waals surface area contributed by atoms with E-state index in [9.17, 15) is 14.9 Å². The van der Waals surface area contributed by atoms with Crippen LogP contribution in [0.25, 0.3) is 0 Å². The highest BCUT2D eigenvalue weighted by Gasteiger charge is 2.19. The molecule has 1 amide bonds. The minimum absolute atomic E-state index is 0.121. The molecule has 7 nitrogen and oxygen atoms in total. The molecule has 2 aromatic carbocycles. The number of carbonyl (C=O) groups excluding carboxylic acids is 1. The van der Waals surface area contributed by atoms with Gasteiger partial charge in [0.15, 0.2) is 0 Å². The maximum Gasteiger partial charge on any atom is 0.293 e. The van der Waals surface area contributed by atoms with E-state index in [-0.39, 0.29) is 17.2 Å². The zero-order chi connectivity index (χ0) is 18.5. The summed E-state index contributed by atoms with van der Waals surface area (Å²) in [6.07, 6.45) is 3.51. The van der Waals surface area contributed by atoms with Crippen molar-refractivity contribution in [2.45, 2.75) is 19.3 Å². The Kier molecular flexibility index (Phi) is 5.36. The smallest absolute Gasteiger partial charge is 0.293 e. The Hall–Kier alpha value is -3.09. The SMILES string of the molecule is CNc1ccc(C(=O)Nc2ccccc2N2CCCCC2)cc1[N+](=O)[O-]. The Bertz CT molecular complexity index is 816. The summed E-state index contributed by atoms with van der Waals surface area (Å²) in [5, 5.41) is 16.9. The van der Waals surface area contributed by atoms with Crippen molar-refractivity contribution in [1.82, 2.24) is 0 Å². The molecule has 0 unspecified atom stereocenters. The van der Waals surface area contributed by atoms with Crippen molar-refractivity contribution in [1.29, 1.82) is 0 Å². The number of carbonyl (C=O) groups is 1. The molecule has 136 valence electrons. The highest BCUT2D eigenvalue weighted by atomic mass is 16.6. The molecule has 1 fully saturated rings. The Balaban J connectivity index is 1.84. The quantitative estimate of drug-likeness (QED) is 0.628. The molecule has 0 saturated carbocycles. The summed E-state index contributed by atoms with van der Waals surface area (Å²) in [5.74, 6) is -0.361. The molecular formula is C19H22N4O3. The van der Waals surface area contributed by atoms with Crippen LogP contribution in [0.3, 0.4) is 0 Å². The van der Waals surface area contributed by atoms with Crippen LogP contribution in [-0.2, 0) is 0 Å². The number of anilines is 3. The highest BCUT2D eigenvalue weighted by Crippen LogP contribution is 2.30. The van der Waals surface area contributed by atoms with Crippen molar-refractivity contribution in [2.75, 3.05) is 35.7 Å². The first kappa shape index (κ1) is 17.7. The van der Waals surface area contributed by atoms with E-state index in [2.05, 4.69) is 15.5 Å². The van der Waals surface area contributed by atoms with Crippen LogP contribution in [0.4, 0.5) is 22.7 Å². The first-order valence-electron chi connectivity index (χ1n) is 8.71. The number of nitro benzene ring substituents is 1. The average molecular weight is 354 g/mol. The van der Waals surface area contributed by atoms with Gasteiger partial charge in [-0.1, -0.05) is 12.1 Å². The van der Waals surface area contributed by atoms with E-state index < -0.39 is 4.92 Å². The van der Waals surface area contributed by atoms with Crippen molar-refractivity contribution in [2.24, 2.45) is 0 Å². The Morgan fingerprint density at radius 1 is 1.08 bits per heavy atom. The number of nitrogens with one attached hydrogen (secondary N) is 2. The molecule has 1 aliphatic heterocycles. The third-order valence-corrected chi connectivity index (χ3v) is 4.57. The summed E-state index contributed by atoms with van der Waals surface area (Å²) in [6.45, 7) is 1.93. The third-order valence-electron chi connectivity index (χ3n) is 4.57. The van der Waals surface area contributed by atoms with E-state index in [4.69, 9.17) is 0 Å². The fourth-order valence-corrected chi connectivity index (χ4v) is 3.22. The molecule has 2 N–H and O–H groups in total. The van der Waals surface area contributed by atoms with Crippen LogP contribution in [-0.4, -0.2) is 31.0 Å². The van der Waals surface area contributed by atoms with Crippen LogP contribution in [0.15, 0.2) is 42.5 Å². The maximum absolute atomic E-state index is 12.7. The zero-order valence-corrected chi connectivity index (χ0v) is 14.7. The van der Waals surface area contributed by atoms with Crippen LogP contribution in [0.1, 0.15) is 29.6 Å². The van der Waals surface area contributed by atoms with E-state index in [1.807, 2.05) is 24.3 Å². The predicted molar refractivity (Wildman–Crippen MR) is 103 cm³/mol. The van der Waals surface area contributed by atoms with Crippen molar-refractivity contribution < 1.29 is 9.72 Å². The summed E-state index contributed by atoms with van der Waals surface area (Å²) in [5.41, 5.74) is 2.22. The lowest BCUT2D eigenvalue weighted by Crippen LogP contribution is -2.30. The van der Waals surface area contributed by atoms with E-state index in [0.717, 1.165) is 37.3 Å². The number of nitro groups is 1. The number of nitrogens with zero attached hydrogens (tertiary/aromatic N) is 2. The molecule has 3 rings (SSSR count). The molecular weight excluding hydrogens is 332 g/mol. The van der Waals surface area contributed by atoms with Crippen LogP contribution in [0, 0.1) is 10.1 Å². The topological polar surface area (TPSA) is 87.5 Å². The van der Waals surface area contributed by atoms with Gasteiger partial charge in [-0.15, -0.1) is 0 Å². The van der Waals surface area contributed by atoms with E-state index in [1.54, 1.807) is 19.2 Å². The van der Waals surface area contributed by atoms with Gasteiger partial charge >= 0.3 is 0 Å². The largest absolute Gasteiger partial charge is 0.383 e. The van der Waals surface area contributed by atoms with Crippen LogP contribution >= 0.6 is 0 Å². The van der Waals surface area contributed by atoms with Crippen molar-refractivity contribution in [3.8, 4) is 0 Å². The molecule has 1 saturated heterocycles. The summed E-state index contributed by atoms with van der Waals surface area (Å²) >= 11 is 0. The summed E-state index contributed by atoms with van der Waals surface area (Å²) in [4.78, 5) is 25.6. The number of benzene rings is 2. The molecule has 1 heterocycles. The van der Waals surface area contributed by atoms with Gasteiger partial charge in [-0.25, -0.2) is 0 Å². The first-order chi connectivity index (χ1) is 12.6. The first-order valence-corrected chi connectivity index (χ1v) is 8.71. The summed E-state index contributed by atoms with van der Waals surface area (Å²) in [7, 11) is 1.61. The Labute approximate surface area is 152 Å². The molecule has 0 aliphatic carbocycles. The van der Waals surface area contributed by atoms with Gasteiger partial charge in [0.25, 0.3) is 11.6 Å². The maximum atomic E-state index is 12.7. The highest BCUT2D eigenvalue weighted by molar-refractivity contribution is 6.06. The van der Waals surface area contributed by atoms with Gasteiger partial charge in [0.2, 0.25) is 0 Å². The number of amides is 1. The lowest BCUT2D eigenvalue weighted by molar-refractivity contribution is -0.384. The van der Waals surface area contributed by atoms with E-state index >= 15 is 0 Å². The lowest BCUT2D eigenvalue weighted by Gasteiger charge is -2.30. The molecule has 0 radical (unpaired) electrons. The van der Waals surface area contributed by atoms with Gasteiger partial charge in [0.05, 0.1) is 16.3 Å². The fraction of sp³-hybridized carbons (Fsp3) is 0.316. The standard InChI is InChI=1S/C19H22N4O3/c1-20-15-10-9-14(13-18(15)23(25)26)19(24)21-16-7-3-4-8-17(16)22-11-5-2-6-12-22/h3-4,7-10,13,20H,2,5-6,11-12H2,1H3,(H,21,24). The number of para-hydroxylation sites is 2. The minimum Gasteiger partial charge on any atom is -0.383 e. The van der Waals surface area contributed by atoms with E-state index in [0.29, 0.717) is 5.69 Å². The molecule has 26 heavy (non-hydrogen) atoms. The number of hydrogen-bond donors (Lipinski definition) is 2. The van der Waals surface area contributed by atoms with Crippen molar-refractivity contribution in [3.63, 3.8) is 0 Å². The lowest BCUT2D eigenvalue weighted by atomic mass is 10.1. The van der Waals surface area contributed by atoms with Gasteiger partial charge < -0.3 is 15.5 Å². The molecule has 0 atom stereocenters. The molecule has 7 heteroatoms. The number of hydrogen-bond acceptors (Lipinski definition) is 5. The molecule has 0 aromatic heterocycles. The second kappa shape index (κ2) is 7.86. The van der Waals surface area contributed by atoms with Crippen LogP contribution in [0.2, 0.25) is 0 Å². The second-order valence-electron chi connectivity index (χ2n) is 6.26. The Morgan fingerprint density at radius 3 is 2.50 bits per heavy atom. The normalized spacial score (nSPS) is 14.0. The van der Waals surface area contributed by atoms with Crippen LogP contribution in [0.5, 0.6) is 0 Å². The van der Waals surface area contributed by atoms with Gasteiger partial charge in [0, 0.05) is 31.8 Å². The molecule has 2 aromatic rings. The van der Waals surface area contributed by atoms with Gasteiger partial charge in [-0.3, -0.25) is 14.9 Å². The third kappa shape index (κ3) is 3.77. The molecule has 0 bridgehead atoms. The Morgan fingerprint density at radius 2 is 1.81 bits per heavy atom. The van der Waals surface area contributed by atoms with Crippen LogP contribution < -0.4 is 15.5 Å². The van der Waals surface area contributed by atoms with Gasteiger partial charge in [-0.2, -0.15) is 0 Å². The van der Waals surface area contributed by atoms with Crippen molar-refractivity contribution >= 4 is 28.7 Å². The fourth-order valence-electron chi connectivity index (χ4n) is 3.22. The second-order valence-corrected chi connectivity index (χ2v) is 6.26. The number of rotatable bonds is 5. The summed E-state index contributed by atoms with van der Waals surface area (Å²) in [6, 6.07) is 12.1. The van der Waals surface area contributed by atoms with E-state index in [1.165, 1.54) is 12.5 Å². The minimum atomic E-state index is -0.496. The molecule has 0 spiro atoms. The predicted octanol–water partition coefficient (Wildman–Crippen LogP) is 3.88. The van der Waals surface area contributed by atoms with Crippen molar-refractivity contribution in [3.05, 3.63) is 58.1 Å². The monoisotopic (exact) mass is 354 g/mol. The van der Waals surface area contributed by atoms with Gasteiger partial charge in [-0.05, 0) is 43.5 Å². The number of piperidine rings is 1. The zero-order valence-electron chi connectivity index (χ0n) is 14.7. The average Bonchev–Trinajstić information content (AvgIpc) is 2.68. The molecule has 1 aliphatic rings. The summed E-state index contributed by atoms with van der Waals surface area (Å²) < 4.78 is 0.